The summed E-state index contributed by atoms with van der Waals surface area (Å²) in [5.74, 6) is 0. The Kier molecular flexibility index (Phi) is 4.49. The standard InChI is InChI=1S/C10H15BrN2O2S/c1-7-5-9(3-4-10(7)11)16(14,15)13-8(2)6-12/h3-5,8,13H,6,12H2,1-2H3/t8-/m0/s1. The minimum atomic E-state index is -3.46. The lowest BCUT2D eigenvalue weighted by Crippen LogP contribution is -2.37. The molecular formula is C10H15BrN2O2S. The molecule has 0 radical (unpaired) electrons. The van der Waals surface area contributed by atoms with Crippen LogP contribution in [0.2, 0.25) is 0 Å². The molecule has 1 aromatic rings. The molecule has 90 valence electrons. The fourth-order valence-corrected chi connectivity index (χ4v) is 2.75. The van der Waals surface area contributed by atoms with Crippen LogP contribution < -0.4 is 10.5 Å². The fraction of sp³-hybridized carbons (Fsp3) is 0.400. The number of aryl methyl sites for hydroxylation is 1. The molecule has 1 atom stereocenters. The van der Waals surface area contributed by atoms with Crippen molar-refractivity contribution in [2.24, 2.45) is 5.73 Å². The van der Waals surface area contributed by atoms with Gasteiger partial charge in [-0.1, -0.05) is 15.9 Å². The highest BCUT2D eigenvalue weighted by atomic mass is 79.9. The number of sulfonamides is 1. The maximum absolute atomic E-state index is 11.9. The Morgan fingerprint density at radius 1 is 1.50 bits per heavy atom. The third kappa shape index (κ3) is 3.28. The minimum absolute atomic E-state index is 0.258. The monoisotopic (exact) mass is 306 g/mol. The quantitative estimate of drug-likeness (QED) is 0.883. The lowest BCUT2D eigenvalue weighted by molar-refractivity contribution is 0.562. The van der Waals surface area contributed by atoms with E-state index in [9.17, 15) is 8.42 Å². The second-order valence-electron chi connectivity index (χ2n) is 3.67. The van der Waals surface area contributed by atoms with Gasteiger partial charge in [0.25, 0.3) is 0 Å². The molecule has 0 aliphatic rings. The van der Waals surface area contributed by atoms with E-state index in [4.69, 9.17) is 5.73 Å². The number of hydrogen-bond donors (Lipinski definition) is 2. The predicted octanol–water partition coefficient (Wildman–Crippen LogP) is 1.38. The zero-order valence-electron chi connectivity index (χ0n) is 9.20. The molecule has 3 N–H and O–H groups in total. The number of nitrogens with two attached hydrogens (primary N) is 1. The van der Waals surface area contributed by atoms with Gasteiger partial charge in [0.05, 0.1) is 4.90 Å². The summed E-state index contributed by atoms with van der Waals surface area (Å²) >= 11 is 3.33. The zero-order valence-corrected chi connectivity index (χ0v) is 11.6. The van der Waals surface area contributed by atoms with E-state index < -0.39 is 10.0 Å². The first-order chi connectivity index (χ1) is 7.36. The molecule has 1 aromatic carbocycles. The molecule has 0 bridgehead atoms. The van der Waals surface area contributed by atoms with Gasteiger partial charge in [-0.15, -0.1) is 0 Å². The van der Waals surface area contributed by atoms with Crippen LogP contribution >= 0.6 is 15.9 Å². The molecule has 16 heavy (non-hydrogen) atoms. The summed E-state index contributed by atoms with van der Waals surface area (Å²) in [6.07, 6.45) is 0. The third-order valence-corrected chi connectivity index (χ3v) is 4.63. The number of benzene rings is 1. The average Bonchev–Trinajstić information content (AvgIpc) is 2.21. The second-order valence-corrected chi connectivity index (χ2v) is 6.24. The van der Waals surface area contributed by atoms with Crippen molar-refractivity contribution in [2.45, 2.75) is 24.8 Å². The van der Waals surface area contributed by atoms with E-state index in [1.165, 1.54) is 0 Å². The van der Waals surface area contributed by atoms with Crippen molar-refractivity contribution in [2.75, 3.05) is 6.54 Å². The van der Waals surface area contributed by atoms with Crippen LogP contribution in [-0.4, -0.2) is 21.0 Å². The molecule has 0 heterocycles. The number of halogens is 1. The minimum Gasteiger partial charge on any atom is -0.329 e. The summed E-state index contributed by atoms with van der Waals surface area (Å²) in [6.45, 7) is 3.84. The average molecular weight is 307 g/mol. The van der Waals surface area contributed by atoms with E-state index in [0.29, 0.717) is 0 Å². The Bertz CT molecular complexity index is 474. The molecule has 0 aliphatic carbocycles. The normalized spacial score (nSPS) is 13.8. The molecule has 1 rings (SSSR count). The summed E-state index contributed by atoms with van der Waals surface area (Å²) in [5.41, 5.74) is 6.25. The van der Waals surface area contributed by atoms with Crippen molar-refractivity contribution in [3.05, 3.63) is 28.2 Å². The van der Waals surface area contributed by atoms with Crippen molar-refractivity contribution >= 4 is 26.0 Å². The number of hydrogen-bond acceptors (Lipinski definition) is 3. The van der Waals surface area contributed by atoms with Gasteiger partial charge in [-0.05, 0) is 37.6 Å². The first-order valence-corrected chi connectivity index (χ1v) is 7.13. The van der Waals surface area contributed by atoms with Crippen LogP contribution in [0.25, 0.3) is 0 Å². The van der Waals surface area contributed by atoms with Crippen LogP contribution in [0.15, 0.2) is 27.6 Å². The molecule has 0 aromatic heterocycles. The second kappa shape index (κ2) is 5.27. The molecule has 0 aliphatic heterocycles. The van der Waals surface area contributed by atoms with Crippen LogP contribution in [0, 0.1) is 6.92 Å². The molecular weight excluding hydrogens is 292 g/mol. The SMILES string of the molecule is Cc1cc(S(=O)(=O)N[C@@H](C)CN)ccc1Br. The van der Waals surface area contributed by atoms with Gasteiger partial charge in [0.2, 0.25) is 10.0 Å². The first-order valence-electron chi connectivity index (χ1n) is 4.85. The van der Waals surface area contributed by atoms with E-state index in [2.05, 4.69) is 20.7 Å². The summed E-state index contributed by atoms with van der Waals surface area (Å²) in [5, 5.41) is 0. The molecule has 0 fully saturated rings. The Balaban J connectivity index is 3.03. The van der Waals surface area contributed by atoms with Crippen LogP contribution in [0.3, 0.4) is 0 Å². The lowest BCUT2D eigenvalue weighted by Gasteiger charge is -2.12. The zero-order chi connectivity index (χ0) is 12.3. The molecule has 0 unspecified atom stereocenters. The van der Waals surface area contributed by atoms with Gasteiger partial charge >= 0.3 is 0 Å². The van der Waals surface area contributed by atoms with Gasteiger partial charge in [-0.25, -0.2) is 13.1 Å². The number of rotatable bonds is 4. The molecule has 4 nitrogen and oxygen atoms in total. The van der Waals surface area contributed by atoms with Gasteiger partial charge in [0, 0.05) is 17.1 Å². The maximum atomic E-state index is 11.9. The molecule has 0 amide bonds. The first kappa shape index (κ1) is 13.6. The smallest absolute Gasteiger partial charge is 0.240 e. The van der Waals surface area contributed by atoms with Crippen LogP contribution in [-0.2, 0) is 10.0 Å². The van der Waals surface area contributed by atoms with E-state index >= 15 is 0 Å². The lowest BCUT2D eigenvalue weighted by atomic mass is 10.2. The fourth-order valence-electron chi connectivity index (χ4n) is 1.17. The van der Waals surface area contributed by atoms with Crippen molar-refractivity contribution in [3.8, 4) is 0 Å². The van der Waals surface area contributed by atoms with Gasteiger partial charge in [-0.3, -0.25) is 0 Å². The summed E-state index contributed by atoms with van der Waals surface area (Å²) in [6, 6.07) is 4.63. The number of nitrogens with one attached hydrogen (secondary N) is 1. The summed E-state index contributed by atoms with van der Waals surface area (Å²) < 4.78 is 27.2. The highest BCUT2D eigenvalue weighted by molar-refractivity contribution is 9.10. The Labute approximate surface area is 104 Å². The summed E-state index contributed by atoms with van der Waals surface area (Å²) in [4.78, 5) is 0.258. The Morgan fingerprint density at radius 3 is 2.62 bits per heavy atom. The summed E-state index contributed by atoms with van der Waals surface area (Å²) in [7, 11) is -3.46. The highest BCUT2D eigenvalue weighted by Gasteiger charge is 2.16. The molecule has 0 spiro atoms. The van der Waals surface area contributed by atoms with Crippen molar-refractivity contribution in [1.82, 2.24) is 4.72 Å². The highest BCUT2D eigenvalue weighted by Crippen LogP contribution is 2.19. The van der Waals surface area contributed by atoms with E-state index in [0.717, 1.165) is 10.0 Å². The molecule has 6 heteroatoms. The van der Waals surface area contributed by atoms with Gasteiger partial charge in [0.1, 0.15) is 0 Å². The third-order valence-electron chi connectivity index (χ3n) is 2.15. The van der Waals surface area contributed by atoms with E-state index in [1.807, 2.05) is 6.92 Å². The van der Waals surface area contributed by atoms with Gasteiger partial charge in [-0.2, -0.15) is 0 Å². The van der Waals surface area contributed by atoms with Crippen molar-refractivity contribution in [1.29, 1.82) is 0 Å². The molecule has 0 saturated heterocycles. The molecule has 0 saturated carbocycles. The Morgan fingerprint density at radius 2 is 2.12 bits per heavy atom. The maximum Gasteiger partial charge on any atom is 0.240 e. The van der Waals surface area contributed by atoms with Crippen LogP contribution in [0.1, 0.15) is 12.5 Å². The van der Waals surface area contributed by atoms with Crippen molar-refractivity contribution in [3.63, 3.8) is 0 Å². The largest absolute Gasteiger partial charge is 0.329 e. The van der Waals surface area contributed by atoms with Crippen molar-refractivity contribution < 1.29 is 8.42 Å². The van der Waals surface area contributed by atoms with E-state index in [1.54, 1.807) is 25.1 Å². The van der Waals surface area contributed by atoms with Crippen LogP contribution in [0.5, 0.6) is 0 Å². The van der Waals surface area contributed by atoms with Crippen LogP contribution in [0.4, 0.5) is 0 Å². The van der Waals surface area contributed by atoms with E-state index in [-0.39, 0.29) is 17.5 Å². The topological polar surface area (TPSA) is 72.2 Å². The Hall–Kier alpha value is -0.430. The van der Waals surface area contributed by atoms with Gasteiger partial charge < -0.3 is 5.73 Å². The predicted molar refractivity (Wildman–Crippen MR) is 67.7 cm³/mol. The van der Waals surface area contributed by atoms with Gasteiger partial charge in [0.15, 0.2) is 0 Å².